The van der Waals surface area contributed by atoms with E-state index in [-0.39, 0.29) is 12.6 Å². The fourth-order valence-electron chi connectivity index (χ4n) is 3.43. The summed E-state index contributed by atoms with van der Waals surface area (Å²) in [6.07, 6.45) is -0.579. The van der Waals surface area contributed by atoms with Crippen LogP contribution in [-0.4, -0.2) is 78.6 Å². The molecule has 0 radical (unpaired) electrons. The predicted molar refractivity (Wildman–Crippen MR) is 107 cm³/mol. The number of β-amino-alcohol motifs (C(OH)–C–C–N with tert-alkyl or cyclic N) is 1. The number of hydrogen-bond acceptors (Lipinski definition) is 8. The molecule has 0 saturated carbocycles. The minimum Gasteiger partial charge on any atom is -0.491 e. The first-order valence-electron chi connectivity index (χ1n) is 9.82. The van der Waals surface area contributed by atoms with Crippen LogP contribution in [0, 0.1) is 13.8 Å². The van der Waals surface area contributed by atoms with Gasteiger partial charge in [0.15, 0.2) is 0 Å². The molecule has 0 unspecified atom stereocenters. The van der Waals surface area contributed by atoms with E-state index >= 15 is 0 Å². The van der Waals surface area contributed by atoms with Gasteiger partial charge in [-0.3, -0.25) is 9.80 Å². The van der Waals surface area contributed by atoms with Crippen LogP contribution in [0.2, 0.25) is 0 Å². The molecule has 0 amide bonds. The summed E-state index contributed by atoms with van der Waals surface area (Å²) in [6, 6.07) is 6.69. The molecule has 0 aliphatic carbocycles. The van der Waals surface area contributed by atoms with Gasteiger partial charge in [-0.2, -0.15) is 0 Å². The first kappa shape index (κ1) is 21.3. The van der Waals surface area contributed by atoms with Gasteiger partial charge in [0.2, 0.25) is 0 Å². The first-order chi connectivity index (χ1) is 14.0. The Morgan fingerprint density at radius 3 is 2.41 bits per heavy atom. The molecule has 0 bridgehead atoms. The average molecular weight is 403 g/mol. The number of esters is 1. The van der Waals surface area contributed by atoms with E-state index in [0.717, 1.165) is 44.2 Å². The lowest BCUT2D eigenvalue weighted by atomic mass is 10.1. The normalized spacial score (nSPS) is 16.6. The Morgan fingerprint density at radius 2 is 1.83 bits per heavy atom. The highest BCUT2D eigenvalue weighted by atomic mass is 16.5. The van der Waals surface area contributed by atoms with Crippen LogP contribution >= 0.6 is 0 Å². The standard InChI is InChI=1S/C21H29N3O5/c1-15-20(16(2)29-22-15)13-24-10-8-23(9-11-24)12-18(25)14-28-19-6-4-17(5-7-19)21(26)27-3/h4-7,18,25H,8-14H2,1-3H3/t18-/m1/s1. The molecule has 3 rings (SSSR count). The summed E-state index contributed by atoms with van der Waals surface area (Å²) in [5, 5.41) is 14.3. The molecule has 158 valence electrons. The van der Waals surface area contributed by atoms with Gasteiger partial charge in [-0.05, 0) is 38.1 Å². The Balaban J connectivity index is 1.38. The van der Waals surface area contributed by atoms with Crippen molar-refractivity contribution < 1.29 is 23.9 Å². The van der Waals surface area contributed by atoms with Crippen molar-refractivity contribution in [2.75, 3.05) is 46.4 Å². The topological polar surface area (TPSA) is 88.3 Å². The Morgan fingerprint density at radius 1 is 1.17 bits per heavy atom. The zero-order chi connectivity index (χ0) is 20.8. The van der Waals surface area contributed by atoms with Crippen molar-refractivity contribution in [2.45, 2.75) is 26.5 Å². The summed E-state index contributed by atoms with van der Waals surface area (Å²) in [5.74, 6) is 1.11. The van der Waals surface area contributed by atoms with E-state index in [1.807, 2.05) is 13.8 Å². The van der Waals surface area contributed by atoms with Gasteiger partial charge in [-0.1, -0.05) is 5.16 Å². The number of carbonyl (C=O) groups excluding carboxylic acids is 1. The van der Waals surface area contributed by atoms with Crippen LogP contribution in [0.4, 0.5) is 0 Å². The molecular weight excluding hydrogens is 374 g/mol. The third-order valence-corrected chi connectivity index (χ3v) is 5.21. The molecule has 8 nitrogen and oxygen atoms in total. The van der Waals surface area contributed by atoms with Gasteiger partial charge in [-0.15, -0.1) is 0 Å². The van der Waals surface area contributed by atoms with Crippen molar-refractivity contribution in [3.63, 3.8) is 0 Å². The van der Waals surface area contributed by atoms with Crippen molar-refractivity contribution in [1.82, 2.24) is 15.0 Å². The van der Waals surface area contributed by atoms with E-state index < -0.39 is 6.10 Å². The van der Waals surface area contributed by atoms with Crippen LogP contribution in [0.3, 0.4) is 0 Å². The average Bonchev–Trinajstić information content (AvgIpc) is 3.05. The summed E-state index contributed by atoms with van der Waals surface area (Å²) in [6.45, 7) is 9.21. The number of hydrogen-bond donors (Lipinski definition) is 1. The summed E-state index contributed by atoms with van der Waals surface area (Å²) < 4.78 is 15.6. The first-order valence-corrected chi connectivity index (χ1v) is 9.82. The lowest BCUT2D eigenvalue weighted by Crippen LogP contribution is -2.48. The number of aliphatic hydroxyl groups is 1. The quantitative estimate of drug-likeness (QED) is 0.666. The summed E-state index contributed by atoms with van der Waals surface area (Å²) in [5.41, 5.74) is 2.59. The van der Waals surface area contributed by atoms with Crippen molar-refractivity contribution >= 4 is 5.97 Å². The predicted octanol–water partition coefficient (Wildman–Crippen LogP) is 1.64. The minimum atomic E-state index is -0.579. The molecule has 0 spiro atoms. The largest absolute Gasteiger partial charge is 0.491 e. The molecule has 2 heterocycles. The van der Waals surface area contributed by atoms with Gasteiger partial charge in [0.1, 0.15) is 24.2 Å². The summed E-state index contributed by atoms with van der Waals surface area (Å²) in [7, 11) is 1.35. The Kier molecular flexibility index (Phi) is 7.24. The Hall–Kier alpha value is -2.42. The molecule has 1 aromatic heterocycles. The van der Waals surface area contributed by atoms with E-state index in [1.165, 1.54) is 12.7 Å². The number of carbonyl (C=O) groups is 1. The third kappa shape index (κ3) is 5.79. The third-order valence-electron chi connectivity index (χ3n) is 5.21. The number of rotatable bonds is 8. The zero-order valence-electron chi connectivity index (χ0n) is 17.3. The summed E-state index contributed by atoms with van der Waals surface area (Å²) >= 11 is 0. The number of methoxy groups -OCH3 is 1. The number of benzene rings is 1. The maximum atomic E-state index is 11.4. The van der Waals surface area contributed by atoms with Crippen LogP contribution in [0.25, 0.3) is 0 Å². The molecule has 1 aromatic carbocycles. The molecule has 29 heavy (non-hydrogen) atoms. The summed E-state index contributed by atoms with van der Waals surface area (Å²) in [4.78, 5) is 16.1. The maximum Gasteiger partial charge on any atom is 0.337 e. The zero-order valence-corrected chi connectivity index (χ0v) is 17.3. The van der Waals surface area contributed by atoms with Crippen molar-refractivity contribution in [1.29, 1.82) is 0 Å². The molecule has 1 saturated heterocycles. The van der Waals surface area contributed by atoms with Crippen molar-refractivity contribution in [3.8, 4) is 5.75 Å². The fraction of sp³-hybridized carbons (Fsp3) is 0.524. The number of piperazine rings is 1. The fourth-order valence-corrected chi connectivity index (χ4v) is 3.43. The number of ether oxygens (including phenoxy) is 2. The molecule has 1 fully saturated rings. The van der Waals surface area contributed by atoms with Crippen molar-refractivity contribution in [3.05, 3.63) is 46.8 Å². The number of aromatic nitrogens is 1. The second-order valence-electron chi connectivity index (χ2n) is 7.36. The molecule has 1 atom stereocenters. The lowest BCUT2D eigenvalue weighted by Gasteiger charge is -2.35. The monoisotopic (exact) mass is 403 g/mol. The molecular formula is C21H29N3O5. The van der Waals surface area contributed by atoms with E-state index in [0.29, 0.717) is 17.9 Å². The molecule has 1 aliphatic rings. The van der Waals surface area contributed by atoms with Gasteiger partial charge < -0.3 is 19.1 Å². The molecule has 2 aromatic rings. The SMILES string of the molecule is COC(=O)c1ccc(OC[C@H](O)CN2CCN(Cc3c(C)noc3C)CC2)cc1. The second-order valence-corrected chi connectivity index (χ2v) is 7.36. The highest BCUT2D eigenvalue weighted by Gasteiger charge is 2.21. The Labute approximate surface area is 171 Å². The van der Waals surface area contributed by atoms with Gasteiger partial charge in [-0.25, -0.2) is 4.79 Å². The highest BCUT2D eigenvalue weighted by Crippen LogP contribution is 2.17. The van der Waals surface area contributed by atoms with Gasteiger partial charge in [0.05, 0.1) is 18.4 Å². The molecule has 1 N–H and O–H groups in total. The molecule has 8 heteroatoms. The van der Waals surface area contributed by atoms with E-state index in [9.17, 15) is 9.90 Å². The Bertz CT molecular complexity index is 778. The number of nitrogens with zero attached hydrogens (tertiary/aromatic N) is 3. The highest BCUT2D eigenvalue weighted by molar-refractivity contribution is 5.89. The second kappa shape index (κ2) is 9.87. The smallest absolute Gasteiger partial charge is 0.337 e. The van der Waals surface area contributed by atoms with E-state index in [4.69, 9.17) is 9.26 Å². The molecule has 1 aliphatic heterocycles. The van der Waals surface area contributed by atoms with Crippen molar-refractivity contribution in [2.24, 2.45) is 0 Å². The van der Waals surface area contributed by atoms with Crippen LogP contribution in [0.1, 0.15) is 27.4 Å². The van der Waals surface area contributed by atoms with Gasteiger partial charge in [0.25, 0.3) is 0 Å². The van der Waals surface area contributed by atoms with E-state index in [2.05, 4.69) is 19.7 Å². The van der Waals surface area contributed by atoms with Gasteiger partial charge >= 0.3 is 5.97 Å². The van der Waals surface area contributed by atoms with Crippen LogP contribution in [-0.2, 0) is 11.3 Å². The maximum absolute atomic E-state index is 11.4. The van der Waals surface area contributed by atoms with Crippen LogP contribution < -0.4 is 4.74 Å². The lowest BCUT2D eigenvalue weighted by molar-refractivity contribution is 0.0445. The number of aliphatic hydroxyl groups excluding tert-OH is 1. The van der Waals surface area contributed by atoms with Crippen LogP contribution in [0.5, 0.6) is 5.75 Å². The van der Waals surface area contributed by atoms with Gasteiger partial charge in [0, 0.05) is 44.8 Å². The number of aryl methyl sites for hydroxylation is 2. The minimum absolute atomic E-state index is 0.205. The van der Waals surface area contributed by atoms with E-state index in [1.54, 1.807) is 24.3 Å². The van der Waals surface area contributed by atoms with Crippen LogP contribution in [0.15, 0.2) is 28.8 Å².